The fourth-order valence-corrected chi connectivity index (χ4v) is 1.01. The molecule has 1 fully saturated rings. The van der Waals surface area contributed by atoms with Gasteiger partial charge in [0.15, 0.2) is 0 Å². The summed E-state index contributed by atoms with van der Waals surface area (Å²) >= 11 is 0. The Morgan fingerprint density at radius 1 is 1.75 bits per heavy atom. The summed E-state index contributed by atoms with van der Waals surface area (Å²) < 4.78 is 5.38. The third kappa shape index (κ3) is 2.79. The maximum Gasteiger partial charge on any atom is 0.262 e. The van der Waals surface area contributed by atoms with E-state index >= 15 is 0 Å². The van der Waals surface area contributed by atoms with Crippen LogP contribution in [0.4, 0.5) is 0 Å². The minimum atomic E-state index is -0.365. The second-order valence-corrected chi connectivity index (χ2v) is 3.18. The molecule has 0 spiro atoms. The van der Waals surface area contributed by atoms with Gasteiger partial charge in [0, 0.05) is 0 Å². The number of nitrogens with two attached hydrogens (primary N) is 1. The lowest BCUT2D eigenvalue weighted by Gasteiger charge is -2.13. The summed E-state index contributed by atoms with van der Waals surface area (Å²) in [6.07, 6.45) is 2.78. The molecule has 0 heterocycles. The fourth-order valence-electron chi connectivity index (χ4n) is 1.01. The van der Waals surface area contributed by atoms with Crippen LogP contribution in [0, 0.1) is 5.92 Å². The van der Waals surface area contributed by atoms with Gasteiger partial charge < -0.3 is 4.74 Å². The lowest BCUT2D eigenvalue weighted by Crippen LogP contribution is -2.40. The Balaban J connectivity index is 2.18. The summed E-state index contributed by atoms with van der Waals surface area (Å²) in [7, 11) is 0. The molecule has 1 aliphatic rings. The Kier molecular flexibility index (Phi) is 3.49. The molecule has 1 unspecified atom stereocenters. The minimum Gasteiger partial charge on any atom is -0.368 e. The molecule has 1 saturated carbocycles. The van der Waals surface area contributed by atoms with Gasteiger partial charge in [0.25, 0.3) is 5.91 Å². The number of carbonyl (C=O) groups excluding carboxylic acids is 1. The van der Waals surface area contributed by atoms with Crippen molar-refractivity contribution in [3.8, 4) is 0 Å². The van der Waals surface area contributed by atoms with Gasteiger partial charge in [0.1, 0.15) is 6.10 Å². The van der Waals surface area contributed by atoms with Gasteiger partial charge in [0.05, 0.1) is 6.61 Å². The van der Waals surface area contributed by atoms with E-state index < -0.39 is 0 Å². The van der Waals surface area contributed by atoms with E-state index in [0.717, 1.165) is 0 Å². The van der Waals surface area contributed by atoms with Crippen LogP contribution >= 0.6 is 0 Å². The number of ether oxygens (including phenoxy) is 1. The van der Waals surface area contributed by atoms with E-state index in [9.17, 15) is 4.79 Å². The van der Waals surface area contributed by atoms with Crippen LogP contribution in [0.15, 0.2) is 0 Å². The first kappa shape index (κ1) is 9.48. The quantitative estimate of drug-likeness (QED) is 0.353. The number of hydrazine groups is 1. The number of hydrogen-bond donors (Lipinski definition) is 2. The molecule has 1 aliphatic carbocycles. The Hall–Kier alpha value is -0.610. The molecule has 0 aromatic rings. The molecule has 1 amide bonds. The SMILES string of the molecule is CCC(OCC1CC1)C(=O)NN. The zero-order chi connectivity index (χ0) is 8.97. The van der Waals surface area contributed by atoms with E-state index in [-0.39, 0.29) is 12.0 Å². The highest BCUT2D eigenvalue weighted by molar-refractivity contribution is 5.79. The van der Waals surface area contributed by atoms with Crippen LogP contribution in [0.5, 0.6) is 0 Å². The van der Waals surface area contributed by atoms with Gasteiger partial charge in [-0.15, -0.1) is 0 Å². The topological polar surface area (TPSA) is 64.3 Å². The standard InChI is InChI=1S/C8H16N2O2/c1-2-7(8(11)10-9)12-5-6-3-4-6/h6-7H,2-5,9H2,1H3,(H,10,11). The van der Waals surface area contributed by atoms with Crippen molar-refractivity contribution in [2.24, 2.45) is 11.8 Å². The Bertz CT molecular complexity index is 157. The predicted molar refractivity (Wildman–Crippen MR) is 45.1 cm³/mol. The van der Waals surface area contributed by atoms with E-state index in [4.69, 9.17) is 10.6 Å². The molecule has 0 aliphatic heterocycles. The van der Waals surface area contributed by atoms with Crippen molar-refractivity contribution >= 4 is 5.91 Å². The normalized spacial score (nSPS) is 18.8. The zero-order valence-electron chi connectivity index (χ0n) is 7.38. The first-order valence-corrected chi connectivity index (χ1v) is 4.40. The molecule has 0 aromatic heterocycles. The van der Waals surface area contributed by atoms with E-state index in [1.165, 1.54) is 12.8 Å². The second-order valence-electron chi connectivity index (χ2n) is 3.18. The largest absolute Gasteiger partial charge is 0.368 e. The molecule has 12 heavy (non-hydrogen) atoms. The molecule has 4 heteroatoms. The molecule has 0 radical (unpaired) electrons. The maximum atomic E-state index is 11.0. The van der Waals surface area contributed by atoms with Gasteiger partial charge in [-0.3, -0.25) is 10.2 Å². The average Bonchev–Trinajstić information content (AvgIpc) is 2.88. The third-order valence-corrected chi connectivity index (χ3v) is 2.04. The molecule has 1 atom stereocenters. The average molecular weight is 172 g/mol. The van der Waals surface area contributed by atoms with Crippen LogP contribution in [0.2, 0.25) is 0 Å². The van der Waals surface area contributed by atoms with Crippen LogP contribution in [0.3, 0.4) is 0 Å². The molecule has 3 N–H and O–H groups in total. The van der Waals surface area contributed by atoms with Crippen molar-refractivity contribution in [1.82, 2.24) is 5.43 Å². The van der Waals surface area contributed by atoms with Crippen molar-refractivity contribution in [3.63, 3.8) is 0 Å². The van der Waals surface area contributed by atoms with Crippen molar-refractivity contribution in [1.29, 1.82) is 0 Å². The van der Waals surface area contributed by atoms with Gasteiger partial charge in [0.2, 0.25) is 0 Å². The van der Waals surface area contributed by atoms with Crippen LogP contribution in [0.1, 0.15) is 26.2 Å². The number of rotatable bonds is 5. The maximum absolute atomic E-state index is 11.0. The highest BCUT2D eigenvalue weighted by Gasteiger charge is 2.24. The summed E-state index contributed by atoms with van der Waals surface area (Å²) in [4.78, 5) is 11.0. The van der Waals surface area contributed by atoms with Gasteiger partial charge in [-0.05, 0) is 25.2 Å². The smallest absolute Gasteiger partial charge is 0.262 e. The lowest BCUT2D eigenvalue weighted by atomic mass is 10.2. The second kappa shape index (κ2) is 4.42. The van der Waals surface area contributed by atoms with Crippen LogP contribution < -0.4 is 11.3 Å². The fraction of sp³-hybridized carbons (Fsp3) is 0.875. The van der Waals surface area contributed by atoms with Crippen molar-refractivity contribution < 1.29 is 9.53 Å². The number of nitrogens with one attached hydrogen (secondary N) is 1. The first-order chi connectivity index (χ1) is 5.77. The molecule has 4 nitrogen and oxygen atoms in total. The van der Waals surface area contributed by atoms with E-state index in [1.807, 2.05) is 6.92 Å². The third-order valence-electron chi connectivity index (χ3n) is 2.04. The Labute approximate surface area is 72.4 Å². The van der Waals surface area contributed by atoms with Gasteiger partial charge in [-0.2, -0.15) is 0 Å². The van der Waals surface area contributed by atoms with Crippen LogP contribution in [-0.2, 0) is 9.53 Å². The lowest BCUT2D eigenvalue weighted by molar-refractivity contribution is -0.133. The predicted octanol–water partition coefficient (Wildman–Crippen LogP) is 0.182. The highest BCUT2D eigenvalue weighted by atomic mass is 16.5. The van der Waals surface area contributed by atoms with E-state index in [2.05, 4.69) is 5.43 Å². The van der Waals surface area contributed by atoms with Crippen molar-refractivity contribution in [2.75, 3.05) is 6.61 Å². The molecule has 0 aromatic carbocycles. The van der Waals surface area contributed by atoms with Crippen LogP contribution in [0.25, 0.3) is 0 Å². The molecule has 70 valence electrons. The summed E-state index contributed by atoms with van der Waals surface area (Å²) in [5.74, 6) is 5.45. The summed E-state index contributed by atoms with van der Waals surface area (Å²) in [6.45, 7) is 2.61. The van der Waals surface area contributed by atoms with Crippen LogP contribution in [-0.4, -0.2) is 18.6 Å². The van der Waals surface area contributed by atoms with Gasteiger partial charge >= 0.3 is 0 Å². The summed E-state index contributed by atoms with van der Waals surface area (Å²) in [6, 6.07) is 0. The molecule has 1 rings (SSSR count). The van der Waals surface area contributed by atoms with Crippen molar-refractivity contribution in [2.45, 2.75) is 32.3 Å². The molecular weight excluding hydrogens is 156 g/mol. The zero-order valence-corrected chi connectivity index (χ0v) is 7.38. The highest BCUT2D eigenvalue weighted by Crippen LogP contribution is 2.29. The summed E-state index contributed by atoms with van der Waals surface area (Å²) in [5.41, 5.74) is 2.10. The molecular formula is C8H16N2O2. The van der Waals surface area contributed by atoms with Gasteiger partial charge in [-0.25, -0.2) is 5.84 Å². The number of hydrogen-bond acceptors (Lipinski definition) is 3. The number of amides is 1. The Morgan fingerprint density at radius 2 is 2.42 bits per heavy atom. The monoisotopic (exact) mass is 172 g/mol. The van der Waals surface area contributed by atoms with E-state index in [0.29, 0.717) is 18.9 Å². The summed E-state index contributed by atoms with van der Waals surface area (Å²) in [5, 5.41) is 0. The molecule has 0 bridgehead atoms. The minimum absolute atomic E-state index is 0.224. The first-order valence-electron chi connectivity index (χ1n) is 4.40. The van der Waals surface area contributed by atoms with E-state index in [1.54, 1.807) is 0 Å². The Morgan fingerprint density at radius 3 is 2.83 bits per heavy atom. The molecule has 0 saturated heterocycles. The van der Waals surface area contributed by atoms with Gasteiger partial charge in [-0.1, -0.05) is 6.92 Å². The van der Waals surface area contributed by atoms with Crippen molar-refractivity contribution in [3.05, 3.63) is 0 Å². The number of carbonyl (C=O) groups is 1.